The Morgan fingerprint density at radius 1 is 1.13 bits per heavy atom. The van der Waals surface area contributed by atoms with Gasteiger partial charge >= 0.3 is 0 Å². The highest BCUT2D eigenvalue weighted by Crippen LogP contribution is 2.55. The van der Waals surface area contributed by atoms with Crippen LogP contribution < -0.4 is 0 Å². The van der Waals surface area contributed by atoms with Crippen molar-refractivity contribution in [3.63, 3.8) is 0 Å². The number of rotatable bonds is 0. The molecule has 2 N–H and O–H groups in total. The zero-order chi connectivity index (χ0) is 16.5. The Bertz CT molecular complexity index is 546. The van der Waals surface area contributed by atoms with E-state index in [2.05, 4.69) is 0 Å². The molecule has 2 bridgehead atoms. The van der Waals surface area contributed by atoms with Crippen molar-refractivity contribution >= 4 is 11.6 Å². The predicted octanol–water partition coefficient (Wildman–Crippen LogP) is 0.954. The van der Waals surface area contributed by atoms with Crippen molar-refractivity contribution in [3.8, 4) is 0 Å². The number of aliphatic hydroxyl groups is 2. The van der Waals surface area contributed by atoms with Gasteiger partial charge in [-0.05, 0) is 43.9 Å². The van der Waals surface area contributed by atoms with Crippen LogP contribution in [0.25, 0.3) is 0 Å². The van der Waals surface area contributed by atoms with Gasteiger partial charge < -0.3 is 14.9 Å². The fourth-order valence-electron chi connectivity index (χ4n) is 5.68. The first kappa shape index (κ1) is 15.7. The van der Waals surface area contributed by atoms with E-state index in [4.69, 9.17) is 4.74 Å². The van der Waals surface area contributed by atoms with Crippen molar-refractivity contribution in [2.24, 2.45) is 35.0 Å². The SMILES string of the molecule is CC1C2C[C@@H](C[C@@H]1O)C[C@H]1[C@H]3CO[C@H]3CC(O)[C@@]1(C)C(=O)C2=O. The third-order valence-electron chi connectivity index (χ3n) is 7.46. The van der Waals surface area contributed by atoms with Crippen LogP contribution in [-0.2, 0) is 14.3 Å². The van der Waals surface area contributed by atoms with E-state index in [1.807, 2.05) is 6.92 Å². The van der Waals surface area contributed by atoms with Crippen LogP contribution in [0.2, 0.25) is 0 Å². The summed E-state index contributed by atoms with van der Waals surface area (Å²) in [5.41, 5.74) is -0.985. The summed E-state index contributed by atoms with van der Waals surface area (Å²) in [5, 5.41) is 21.0. The summed E-state index contributed by atoms with van der Waals surface area (Å²) in [7, 11) is 0. The summed E-state index contributed by atoms with van der Waals surface area (Å²) in [6.45, 7) is 4.28. The van der Waals surface area contributed by atoms with Gasteiger partial charge in [-0.25, -0.2) is 0 Å². The molecule has 0 aromatic carbocycles. The van der Waals surface area contributed by atoms with Crippen LogP contribution >= 0.6 is 0 Å². The van der Waals surface area contributed by atoms with Crippen molar-refractivity contribution in [3.05, 3.63) is 0 Å². The summed E-state index contributed by atoms with van der Waals surface area (Å²) < 4.78 is 5.57. The van der Waals surface area contributed by atoms with Gasteiger partial charge in [0.2, 0.25) is 11.6 Å². The predicted molar refractivity (Wildman–Crippen MR) is 81.5 cm³/mol. The Morgan fingerprint density at radius 2 is 1.87 bits per heavy atom. The first-order valence-electron chi connectivity index (χ1n) is 8.90. The summed E-state index contributed by atoms with van der Waals surface area (Å²) in [5.74, 6) is -0.865. The zero-order valence-corrected chi connectivity index (χ0v) is 13.8. The molecule has 0 aromatic heterocycles. The minimum Gasteiger partial charge on any atom is -0.393 e. The van der Waals surface area contributed by atoms with E-state index in [0.29, 0.717) is 25.9 Å². The lowest BCUT2D eigenvalue weighted by Gasteiger charge is -2.57. The summed E-state index contributed by atoms with van der Waals surface area (Å²) in [4.78, 5) is 25.9. The second-order valence-electron chi connectivity index (χ2n) is 8.48. The molecule has 1 saturated heterocycles. The Balaban J connectivity index is 1.75. The minimum atomic E-state index is -0.985. The largest absolute Gasteiger partial charge is 0.393 e. The molecule has 0 aromatic rings. The van der Waals surface area contributed by atoms with Crippen LogP contribution in [-0.4, -0.2) is 46.7 Å². The van der Waals surface area contributed by atoms with Crippen LogP contribution in [0.3, 0.4) is 0 Å². The van der Waals surface area contributed by atoms with Crippen molar-refractivity contribution in [1.29, 1.82) is 0 Å². The molecule has 1 aliphatic heterocycles. The minimum absolute atomic E-state index is 0.0204. The Hall–Kier alpha value is -0.780. The smallest absolute Gasteiger partial charge is 0.207 e. The number of carbonyl (C=O) groups is 2. The van der Waals surface area contributed by atoms with E-state index < -0.39 is 29.3 Å². The highest BCUT2D eigenvalue weighted by atomic mass is 16.5. The molecule has 128 valence electrons. The number of fused-ring (bicyclic) bond motifs is 5. The Kier molecular flexibility index (Phi) is 3.49. The third kappa shape index (κ3) is 2.02. The van der Waals surface area contributed by atoms with Crippen molar-refractivity contribution in [2.45, 2.75) is 57.8 Å². The number of carbonyl (C=O) groups excluding carboxylic acids is 2. The van der Waals surface area contributed by atoms with Crippen molar-refractivity contribution in [1.82, 2.24) is 0 Å². The van der Waals surface area contributed by atoms with Crippen LogP contribution in [0, 0.1) is 35.0 Å². The van der Waals surface area contributed by atoms with Gasteiger partial charge in [0.05, 0.1) is 30.3 Å². The van der Waals surface area contributed by atoms with Gasteiger partial charge in [0.1, 0.15) is 0 Å². The number of hydrogen-bond acceptors (Lipinski definition) is 5. The number of ether oxygens (including phenoxy) is 1. The molecular formula is C18H26O5. The second-order valence-corrected chi connectivity index (χ2v) is 8.48. The van der Waals surface area contributed by atoms with Crippen LogP contribution in [0.15, 0.2) is 0 Å². The molecule has 1 heterocycles. The van der Waals surface area contributed by atoms with Crippen LogP contribution in [0.4, 0.5) is 0 Å². The fourth-order valence-corrected chi connectivity index (χ4v) is 5.68. The number of ketones is 2. The van der Waals surface area contributed by atoms with E-state index in [0.717, 1.165) is 6.42 Å². The van der Waals surface area contributed by atoms with Gasteiger partial charge in [0.15, 0.2) is 0 Å². The lowest BCUT2D eigenvalue weighted by Crippen LogP contribution is -2.65. The summed E-state index contributed by atoms with van der Waals surface area (Å²) in [6.07, 6.45) is 1.34. The molecule has 9 atom stereocenters. The van der Waals surface area contributed by atoms with Gasteiger partial charge in [0, 0.05) is 18.3 Å². The molecule has 0 spiro atoms. The highest BCUT2D eigenvalue weighted by molar-refractivity contribution is 6.40. The van der Waals surface area contributed by atoms with Crippen LogP contribution in [0.5, 0.6) is 0 Å². The average Bonchev–Trinajstić information content (AvgIpc) is 2.49. The normalized spacial score (nSPS) is 56.0. The van der Waals surface area contributed by atoms with Crippen LogP contribution in [0.1, 0.15) is 39.5 Å². The number of Topliss-reactive ketones (excluding diaryl/α,β-unsaturated/α-hetero) is 2. The second kappa shape index (κ2) is 5.11. The summed E-state index contributed by atoms with van der Waals surface area (Å²) >= 11 is 0. The fraction of sp³-hybridized carbons (Fsp3) is 0.889. The molecule has 5 nitrogen and oxygen atoms in total. The number of aliphatic hydroxyl groups excluding tert-OH is 2. The average molecular weight is 322 g/mol. The van der Waals surface area contributed by atoms with Crippen molar-refractivity contribution in [2.75, 3.05) is 6.61 Å². The third-order valence-corrected chi connectivity index (χ3v) is 7.46. The first-order chi connectivity index (χ1) is 10.8. The molecule has 4 fully saturated rings. The topological polar surface area (TPSA) is 83.8 Å². The Morgan fingerprint density at radius 3 is 2.52 bits per heavy atom. The molecule has 3 unspecified atom stereocenters. The first-order valence-corrected chi connectivity index (χ1v) is 8.90. The molecule has 4 aliphatic rings. The zero-order valence-electron chi connectivity index (χ0n) is 13.8. The maximum absolute atomic E-state index is 13.1. The highest BCUT2D eigenvalue weighted by Gasteiger charge is 2.62. The van der Waals surface area contributed by atoms with E-state index in [9.17, 15) is 19.8 Å². The number of hydrogen-bond donors (Lipinski definition) is 2. The molecular weight excluding hydrogens is 296 g/mol. The van der Waals surface area contributed by atoms with Gasteiger partial charge in [-0.2, -0.15) is 0 Å². The quantitative estimate of drug-likeness (QED) is 0.649. The van der Waals surface area contributed by atoms with Gasteiger partial charge in [-0.3, -0.25) is 9.59 Å². The van der Waals surface area contributed by atoms with Gasteiger partial charge in [0.25, 0.3) is 0 Å². The monoisotopic (exact) mass is 322 g/mol. The molecule has 23 heavy (non-hydrogen) atoms. The maximum atomic E-state index is 13.1. The lowest BCUT2D eigenvalue weighted by atomic mass is 9.51. The van der Waals surface area contributed by atoms with E-state index in [1.165, 1.54) is 0 Å². The standard InChI is InChI=1S/C18H26O5/c1-8-10-3-9(5-13(8)19)4-12-11-7-23-14(11)6-15(20)18(12,2)17(22)16(10)21/h8-15,19-20H,3-7H2,1-2H3/t8?,9-,10?,11-,12+,13+,14+,15?,18+/m1/s1. The Labute approximate surface area is 136 Å². The van der Waals surface area contributed by atoms with E-state index in [-0.39, 0.29) is 35.6 Å². The molecule has 3 saturated carbocycles. The molecule has 4 rings (SSSR count). The maximum Gasteiger partial charge on any atom is 0.207 e. The lowest BCUT2D eigenvalue weighted by molar-refractivity contribution is -0.228. The van der Waals surface area contributed by atoms with Gasteiger partial charge in [-0.15, -0.1) is 0 Å². The molecule has 0 radical (unpaired) electrons. The summed E-state index contributed by atoms with van der Waals surface area (Å²) in [6, 6.07) is 0. The molecule has 0 amide bonds. The van der Waals surface area contributed by atoms with E-state index in [1.54, 1.807) is 6.92 Å². The van der Waals surface area contributed by atoms with Gasteiger partial charge in [-0.1, -0.05) is 6.92 Å². The molecule has 3 aliphatic carbocycles. The van der Waals surface area contributed by atoms with E-state index >= 15 is 0 Å². The van der Waals surface area contributed by atoms with Crippen molar-refractivity contribution < 1.29 is 24.5 Å². The molecule has 5 heteroatoms.